The van der Waals surface area contributed by atoms with E-state index in [1.54, 1.807) is 0 Å². The topological polar surface area (TPSA) is 29.1 Å². The molecule has 2 heteroatoms. The highest BCUT2D eigenvalue weighted by Gasteiger charge is 2.55. The van der Waals surface area contributed by atoms with E-state index in [4.69, 9.17) is 0 Å². The second-order valence-corrected chi connectivity index (χ2v) is 10.5. The number of amides is 1. The summed E-state index contributed by atoms with van der Waals surface area (Å²) in [5.74, 6) is 1.18. The first-order valence-corrected chi connectivity index (χ1v) is 11.7. The van der Waals surface area contributed by atoms with Gasteiger partial charge in [-0.2, -0.15) is 0 Å². The molecule has 1 amide bonds. The molecule has 0 heterocycles. The van der Waals surface area contributed by atoms with Gasteiger partial charge in [-0.15, -0.1) is 0 Å². The molecule has 2 aliphatic carbocycles. The first-order valence-electron chi connectivity index (χ1n) is 11.7. The Hall–Kier alpha value is -2.09. The lowest BCUT2D eigenvalue weighted by atomic mass is 9.49. The average Bonchev–Trinajstić information content (AvgIpc) is 2.73. The van der Waals surface area contributed by atoms with Crippen LogP contribution < -0.4 is 5.32 Å². The lowest BCUT2D eigenvalue weighted by molar-refractivity contribution is -0.139. The number of carbonyl (C=O) groups is 1. The van der Waals surface area contributed by atoms with E-state index >= 15 is 0 Å². The van der Waals surface area contributed by atoms with E-state index in [9.17, 15) is 4.79 Å². The van der Waals surface area contributed by atoms with Crippen LogP contribution in [0.25, 0.3) is 0 Å². The van der Waals surface area contributed by atoms with Crippen LogP contribution in [0.15, 0.2) is 48.5 Å². The molecule has 1 saturated carbocycles. The molecule has 2 aliphatic rings. The van der Waals surface area contributed by atoms with Crippen LogP contribution in [0.3, 0.4) is 0 Å². The van der Waals surface area contributed by atoms with Crippen molar-refractivity contribution in [1.29, 1.82) is 0 Å². The van der Waals surface area contributed by atoms with Gasteiger partial charge in [-0.1, -0.05) is 82.6 Å². The molecule has 1 unspecified atom stereocenters. The summed E-state index contributed by atoms with van der Waals surface area (Å²) in [7, 11) is 0. The van der Waals surface area contributed by atoms with Crippen LogP contribution in [0.1, 0.15) is 94.5 Å². The van der Waals surface area contributed by atoms with Crippen LogP contribution in [-0.4, -0.2) is 5.91 Å². The third-order valence-electron chi connectivity index (χ3n) is 8.21. The molecule has 2 aromatic carbocycles. The Kier molecular flexibility index (Phi) is 5.55. The van der Waals surface area contributed by atoms with Gasteiger partial charge >= 0.3 is 0 Å². The standard InChI is InChI=1S/C28H37NO/c1-19(2)22-12-14-24-23(18-22)13-15-25-27(24,4)16-9-17-28(25,5)26(30)29-20(3)21-10-7-6-8-11-21/h6-8,10-12,14,18-20,25H,9,13,15-17H2,1-5H3,(H,29,30)/t20?,25-,27-,28+/m1/s1. The second-order valence-electron chi connectivity index (χ2n) is 10.5. The number of nitrogens with one attached hydrogen (secondary N) is 1. The van der Waals surface area contributed by atoms with Gasteiger partial charge in [0.15, 0.2) is 0 Å². The SMILES string of the molecule is CC(C)c1ccc2c(c1)CC[C@H]1[C@@](C)(C(=O)NC(C)c3ccccc3)CCC[C@]21C. The largest absolute Gasteiger partial charge is 0.349 e. The van der Waals surface area contributed by atoms with Crippen molar-refractivity contribution in [2.45, 2.75) is 84.1 Å². The summed E-state index contributed by atoms with van der Waals surface area (Å²) in [5, 5.41) is 3.37. The van der Waals surface area contributed by atoms with Crippen molar-refractivity contribution in [2.75, 3.05) is 0 Å². The highest BCUT2D eigenvalue weighted by Crippen LogP contribution is 2.57. The first-order chi connectivity index (χ1) is 14.3. The van der Waals surface area contributed by atoms with E-state index < -0.39 is 0 Å². The predicted octanol–water partition coefficient (Wildman–Crippen LogP) is 6.70. The molecular formula is C28H37NO. The minimum absolute atomic E-state index is 0.0354. The second kappa shape index (κ2) is 7.87. The van der Waals surface area contributed by atoms with Crippen LogP contribution in [0.5, 0.6) is 0 Å². The Morgan fingerprint density at radius 2 is 1.73 bits per heavy atom. The zero-order chi connectivity index (χ0) is 21.5. The highest BCUT2D eigenvalue weighted by molar-refractivity contribution is 5.83. The molecule has 0 aromatic heterocycles. The Labute approximate surface area is 182 Å². The minimum Gasteiger partial charge on any atom is -0.349 e. The molecule has 0 spiro atoms. The van der Waals surface area contributed by atoms with Crippen molar-refractivity contribution in [3.8, 4) is 0 Å². The van der Waals surface area contributed by atoms with E-state index in [1.807, 2.05) is 18.2 Å². The van der Waals surface area contributed by atoms with Crippen LogP contribution in [0, 0.1) is 11.3 Å². The lowest BCUT2D eigenvalue weighted by Gasteiger charge is -2.54. The summed E-state index contributed by atoms with van der Waals surface area (Å²) in [6.07, 6.45) is 5.48. The summed E-state index contributed by atoms with van der Waals surface area (Å²) in [5.41, 5.74) is 5.39. The van der Waals surface area contributed by atoms with Gasteiger partial charge in [0.05, 0.1) is 11.5 Å². The van der Waals surface area contributed by atoms with Crippen molar-refractivity contribution < 1.29 is 4.79 Å². The van der Waals surface area contributed by atoms with E-state index in [-0.39, 0.29) is 22.8 Å². The molecule has 30 heavy (non-hydrogen) atoms. The fourth-order valence-electron chi connectivity index (χ4n) is 6.33. The number of rotatable bonds is 4. The Morgan fingerprint density at radius 1 is 1.00 bits per heavy atom. The van der Waals surface area contributed by atoms with Gasteiger partial charge in [-0.3, -0.25) is 4.79 Å². The van der Waals surface area contributed by atoms with E-state index in [0.717, 1.165) is 25.7 Å². The van der Waals surface area contributed by atoms with E-state index in [0.29, 0.717) is 11.8 Å². The minimum atomic E-state index is -0.315. The number of benzene rings is 2. The predicted molar refractivity (Wildman–Crippen MR) is 125 cm³/mol. The number of hydrogen-bond acceptors (Lipinski definition) is 1. The average molecular weight is 404 g/mol. The lowest BCUT2D eigenvalue weighted by Crippen LogP contribution is -2.55. The summed E-state index contributed by atoms with van der Waals surface area (Å²) < 4.78 is 0. The summed E-state index contributed by atoms with van der Waals surface area (Å²) in [6.45, 7) is 11.3. The zero-order valence-corrected chi connectivity index (χ0v) is 19.3. The molecule has 4 rings (SSSR count). The van der Waals surface area contributed by atoms with Crippen molar-refractivity contribution in [3.05, 3.63) is 70.8 Å². The van der Waals surface area contributed by atoms with E-state index in [2.05, 4.69) is 70.3 Å². The van der Waals surface area contributed by atoms with Gasteiger partial charge in [-0.25, -0.2) is 0 Å². The maximum absolute atomic E-state index is 13.6. The van der Waals surface area contributed by atoms with Gasteiger partial charge in [0.2, 0.25) is 5.91 Å². The van der Waals surface area contributed by atoms with Gasteiger partial charge in [0, 0.05) is 0 Å². The number of hydrogen-bond donors (Lipinski definition) is 1. The van der Waals surface area contributed by atoms with Gasteiger partial charge < -0.3 is 5.32 Å². The van der Waals surface area contributed by atoms with E-state index in [1.165, 1.54) is 28.7 Å². The maximum Gasteiger partial charge on any atom is 0.226 e. The zero-order valence-electron chi connectivity index (χ0n) is 19.3. The van der Waals surface area contributed by atoms with Crippen LogP contribution in [0.4, 0.5) is 0 Å². The molecule has 0 saturated heterocycles. The normalized spacial score (nSPS) is 29.1. The number of aryl methyl sites for hydroxylation is 1. The third kappa shape index (κ3) is 3.49. The molecular weight excluding hydrogens is 366 g/mol. The number of carbonyl (C=O) groups excluding carboxylic acids is 1. The van der Waals surface area contributed by atoms with Crippen LogP contribution >= 0.6 is 0 Å². The molecule has 2 nitrogen and oxygen atoms in total. The third-order valence-corrected chi connectivity index (χ3v) is 8.21. The van der Waals surface area contributed by atoms with Crippen LogP contribution in [0.2, 0.25) is 0 Å². The first kappa shape index (κ1) is 21.2. The monoisotopic (exact) mass is 403 g/mol. The molecule has 0 radical (unpaired) electrons. The van der Waals surface area contributed by atoms with Gasteiger partial charge in [-0.05, 0) is 72.1 Å². The fourth-order valence-corrected chi connectivity index (χ4v) is 6.33. The van der Waals surface area contributed by atoms with Crippen LogP contribution in [-0.2, 0) is 16.6 Å². The molecule has 0 bridgehead atoms. The van der Waals surface area contributed by atoms with Crippen molar-refractivity contribution in [2.24, 2.45) is 11.3 Å². The fraction of sp³-hybridized carbons (Fsp3) is 0.536. The molecule has 2 aromatic rings. The Morgan fingerprint density at radius 3 is 2.43 bits per heavy atom. The Bertz CT molecular complexity index is 917. The molecule has 0 aliphatic heterocycles. The van der Waals surface area contributed by atoms with Gasteiger partial charge in [0.25, 0.3) is 0 Å². The summed E-state index contributed by atoms with van der Waals surface area (Å²) >= 11 is 0. The number of fused-ring (bicyclic) bond motifs is 3. The summed E-state index contributed by atoms with van der Waals surface area (Å²) in [4.78, 5) is 13.6. The van der Waals surface area contributed by atoms with Crippen molar-refractivity contribution >= 4 is 5.91 Å². The molecule has 160 valence electrons. The molecule has 4 atom stereocenters. The van der Waals surface area contributed by atoms with Crippen molar-refractivity contribution in [3.63, 3.8) is 0 Å². The molecule has 1 N–H and O–H groups in total. The maximum atomic E-state index is 13.6. The van der Waals surface area contributed by atoms with Crippen molar-refractivity contribution in [1.82, 2.24) is 5.32 Å². The molecule has 1 fully saturated rings. The smallest absolute Gasteiger partial charge is 0.226 e. The Balaban J connectivity index is 1.62. The highest BCUT2D eigenvalue weighted by atomic mass is 16.2. The quantitative estimate of drug-likeness (QED) is 0.605. The summed E-state index contributed by atoms with van der Waals surface area (Å²) in [6, 6.07) is 17.5. The van der Waals surface area contributed by atoms with Gasteiger partial charge in [0.1, 0.15) is 0 Å².